The summed E-state index contributed by atoms with van der Waals surface area (Å²) in [7, 11) is 0. The van der Waals surface area contributed by atoms with Gasteiger partial charge in [-0.15, -0.1) is 0 Å². The molecular weight excluding hydrogens is 324 g/mol. The van der Waals surface area contributed by atoms with Crippen molar-refractivity contribution in [1.29, 1.82) is 0 Å². The van der Waals surface area contributed by atoms with Crippen LogP contribution in [0.2, 0.25) is 0 Å². The summed E-state index contributed by atoms with van der Waals surface area (Å²) in [4.78, 5) is 12.2. The second-order valence-corrected chi connectivity index (χ2v) is 6.50. The molecule has 3 aromatic rings. The van der Waals surface area contributed by atoms with E-state index in [1.54, 1.807) is 30.5 Å². The van der Waals surface area contributed by atoms with E-state index in [2.05, 4.69) is 24.4 Å². The van der Waals surface area contributed by atoms with Crippen molar-refractivity contribution < 1.29 is 9.53 Å². The molecule has 3 rings (SSSR count). The van der Waals surface area contributed by atoms with Crippen molar-refractivity contribution in [3.63, 3.8) is 0 Å². The lowest BCUT2D eigenvalue weighted by Gasteiger charge is -2.08. The quantitative estimate of drug-likeness (QED) is 0.522. The first-order valence-electron chi connectivity index (χ1n) is 8.67. The number of hydrogen-bond acceptors (Lipinski definition) is 3. The van der Waals surface area contributed by atoms with Crippen LogP contribution < -0.4 is 10.2 Å². The van der Waals surface area contributed by atoms with E-state index >= 15 is 0 Å². The molecule has 0 aliphatic rings. The molecule has 0 fully saturated rings. The summed E-state index contributed by atoms with van der Waals surface area (Å²) in [6.45, 7) is 4.84. The van der Waals surface area contributed by atoms with Gasteiger partial charge in [-0.2, -0.15) is 5.10 Å². The molecule has 0 aliphatic carbocycles. The van der Waals surface area contributed by atoms with Crippen molar-refractivity contribution in [3.8, 4) is 5.75 Å². The lowest BCUT2D eigenvalue weighted by Crippen LogP contribution is -2.17. The van der Waals surface area contributed by atoms with E-state index in [4.69, 9.17) is 4.74 Å². The highest BCUT2D eigenvalue weighted by atomic mass is 16.5. The molecule has 0 aromatic heterocycles. The third-order valence-electron chi connectivity index (χ3n) is 3.89. The summed E-state index contributed by atoms with van der Waals surface area (Å²) in [5.41, 5.74) is 4.07. The molecule has 0 unspecified atom stereocenters. The van der Waals surface area contributed by atoms with Crippen LogP contribution in [-0.2, 0) is 0 Å². The van der Waals surface area contributed by atoms with Crippen LogP contribution in [0.4, 0.5) is 0 Å². The van der Waals surface area contributed by atoms with Crippen molar-refractivity contribution in [1.82, 2.24) is 5.43 Å². The molecule has 132 valence electrons. The van der Waals surface area contributed by atoms with Crippen LogP contribution in [0.15, 0.2) is 71.8 Å². The number of nitrogens with zero attached hydrogens (tertiary/aromatic N) is 1. The maximum atomic E-state index is 12.2. The van der Waals surface area contributed by atoms with Crippen molar-refractivity contribution in [2.24, 2.45) is 11.0 Å². The zero-order valence-corrected chi connectivity index (χ0v) is 15.0. The lowest BCUT2D eigenvalue weighted by atomic mass is 10.1. The first-order chi connectivity index (χ1) is 12.6. The molecule has 0 aliphatic heterocycles. The monoisotopic (exact) mass is 346 g/mol. The highest BCUT2D eigenvalue weighted by molar-refractivity contribution is 6.00. The SMILES string of the molecule is CC(C)COc1ccc(C(=O)N/N=C/c2cccc3ccccc23)cc1. The third-order valence-corrected chi connectivity index (χ3v) is 3.89. The lowest BCUT2D eigenvalue weighted by molar-refractivity contribution is 0.0955. The van der Waals surface area contributed by atoms with Crippen LogP contribution in [0.1, 0.15) is 29.8 Å². The van der Waals surface area contributed by atoms with Crippen molar-refractivity contribution in [3.05, 3.63) is 77.9 Å². The minimum atomic E-state index is -0.253. The Hall–Kier alpha value is -3.14. The molecule has 0 spiro atoms. The van der Waals surface area contributed by atoms with Gasteiger partial charge in [-0.1, -0.05) is 56.3 Å². The van der Waals surface area contributed by atoms with Gasteiger partial charge in [-0.25, -0.2) is 5.43 Å². The van der Waals surface area contributed by atoms with Gasteiger partial charge in [0.2, 0.25) is 0 Å². The third kappa shape index (κ3) is 4.48. The van der Waals surface area contributed by atoms with Gasteiger partial charge in [0.1, 0.15) is 5.75 Å². The fourth-order valence-corrected chi connectivity index (χ4v) is 2.55. The molecule has 0 bridgehead atoms. The van der Waals surface area contributed by atoms with Crippen LogP contribution in [0.5, 0.6) is 5.75 Å². The number of benzene rings is 3. The minimum Gasteiger partial charge on any atom is -0.493 e. The normalized spacial score (nSPS) is 11.2. The summed E-state index contributed by atoms with van der Waals surface area (Å²) in [6.07, 6.45) is 1.67. The molecule has 0 saturated heterocycles. The van der Waals surface area contributed by atoms with E-state index in [1.807, 2.05) is 42.5 Å². The summed E-state index contributed by atoms with van der Waals surface area (Å²) in [5.74, 6) is 0.966. The second kappa shape index (κ2) is 8.30. The number of hydrazone groups is 1. The zero-order valence-electron chi connectivity index (χ0n) is 15.0. The van der Waals surface area contributed by atoms with Crippen LogP contribution in [0.25, 0.3) is 10.8 Å². The maximum Gasteiger partial charge on any atom is 0.271 e. The number of hydrogen-bond donors (Lipinski definition) is 1. The van der Waals surface area contributed by atoms with Crippen molar-refractivity contribution in [2.45, 2.75) is 13.8 Å². The van der Waals surface area contributed by atoms with Crippen molar-refractivity contribution in [2.75, 3.05) is 6.61 Å². The predicted molar refractivity (Wildman–Crippen MR) is 106 cm³/mol. The Morgan fingerprint density at radius 2 is 1.77 bits per heavy atom. The van der Waals surface area contributed by atoms with Gasteiger partial charge in [-0.05, 0) is 41.0 Å². The van der Waals surface area contributed by atoms with Gasteiger partial charge in [0.05, 0.1) is 12.8 Å². The van der Waals surface area contributed by atoms with E-state index in [0.29, 0.717) is 18.1 Å². The molecular formula is C22H22N2O2. The Kier molecular flexibility index (Phi) is 5.64. The van der Waals surface area contributed by atoms with Gasteiger partial charge in [0, 0.05) is 11.1 Å². The largest absolute Gasteiger partial charge is 0.493 e. The van der Waals surface area contributed by atoms with E-state index in [0.717, 1.165) is 22.1 Å². The Morgan fingerprint density at radius 3 is 2.54 bits per heavy atom. The van der Waals surface area contributed by atoms with Gasteiger partial charge >= 0.3 is 0 Å². The molecule has 0 heterocycles. The molecule has 0 atom stereocenters. The standard InChI is InChI=1S/C22H22N2O2/c1-16(2)15-26-20-12-10-18(11-13-20)22(25)24-23-14-19-8-5-7-17-6-3-4-9-21(17)19/h3-14,16H,15H2,1-2H3,(H,24,25)/b23-14+. The Morgan fingerprint density at radius 1 is 1.04 bits per heavy atom. The number of carbonyl (C=O) groups is 1. The molecule has 4 nitrogen and oxygen atoms in total. The molecule has 0 radical (unpaired) electrons. The number of nitrogens with one attached hydrogen (secondary N) is 1. The van der Waals surface area contributed by atoms with Crippen LogP contribution in [-0.4, -0.2) is 18.7 Å². The van der Waals surface area contributed by atoms with E-state index in [-0.39, 0.29) is 5.91 Å². The molecule has 4 heteroatoms. The zero-order chi connectivity index (χ0) is 18.4. The first kappa shape index (κ1) is 17.7. The average molecular weight is 346 g/mol. The smallest absolute Gasteiger partial charge is 0.271 e. The maximum absolute atomic E-state index is 12.2. The minimum absolute atomic E-state index is 0.253. The van der Waals surface area contributed by atoms with E-state index in [1.165, 1.54) is 0 Å². The first-order valence-corrected chi connectivity index (χ1v) is 8.67. The van der Waals surface area contributed by atoms with Crippen LogP contribution in [0.3, 0.4) is 0 Å². The number of ether oxygens (including phenoxy) is 1. The van der Waals surface area contributed by atoms with Gasteiger partial charge < -0.3 is 4.74 Å². The molecule has 1 amide bonds. The van der Waals surface area contributed by atoms with Crippen LogP contribution in [0, 0.1) is 5.92 Å². The highest BCUT2D eigenvalue weighted by Crippen LogP contribution is 2.17. The van der Waals surface area contributed by atoms with E-state index < -0.39 is 0 Å². The summed E-state index contributed by atoms with van der Waals surface area (Å²) in [5, 5.41) is 6.33. The summed E-state index contributed by atoms with van der Waals surface area (Å²) in [6, 6.07) is 21.1. The molecule has 1 N–H and O–H groups in total. The number of rotatable bonds is 6. The van der Waals surface area contributed by atoms with Gasteiger partial charge in [0.25, 0.3) is 5.91 Å². The summed E-state index contributed by atoms with van der Waals surface area (Å²) < 4.78 is 5.62. The Balaban J connectivity index is 1.63. The van der Waals surface area contributed by atoms with Crippen LogP contribution >= 0.6 is 0 Å². The van der Waals surface area contributed by atoms with Crippen molar-refractivity contribution >= 4 is 22.9 Å². The Bertz CT molecular complexity index is 910. The molecule has 0 saturated carbocycles. The van der Waals surface area contributed by atoms with E-state index in [9.17, 15) is 4.79 Å². The highest BCUT2D eigenvalue weighted by Gasteiger charge is 2.05. The summed E-state index contributed by atoms with van der Waals surface area (Å²) >= 11 is 0. The molecule has 26 heavy (non-hydrogen) atoms. The topological polar surface area (TPSA) is 50.7 Å². The number of fused-ring (bicyclic) bond motifs is 1. The second-order valence-electron chi connectivity index (χ2n) is 6.50. The fourth-order valence-electron chi connectivity index (χ4n) is 2.55. The molecule has 3 aromatic carbocycles. The Labute approximate surface area is 153 Å². The number of amides is 1. The predicted octanol–water partition coefficient (Wildman–Crippen LogP) is 4.64. The van der Waals surface area contributed by atoms with Gasteiger partial charge in [-0.3, -0.25) is 4.79 Å². The number of carbonyl (C=O) groups excluding carboxylic acids is 1. The van der Waals surface area contributed by atoms with Gasteiger partial charge in [0.15, 0.2) is 0 Å². The average Bonchev–Trinajstić information content (AvgIpc) is 2.67. The fraction of sp³-hybridized carbons (Fsp3) is 0.182.